The summed E-state index contributed by atoms with van der Waals surface area (Å²) in [4.78, 5) is 12.4. The van der Waals surface area contributed by atoms with Gasteiger partial charge in [-0.3, -0.25) is 0 Å². The Morgan fingerprint density at radius 1 is 0.917 bits per heavy atom. The first-order chi connectivity index (χ1) is 17.4. The van der Waals surface area contributed by atoms with Gasteiger partial charge in [0.2, 0.25) is 12.0 Å². The Morgan fingerprint density at radius 2 is 1.58 bits per heavy atom. The van der Waals surface area contributed by atoms with Gasteiger partial charge in [0, 0.05) is 6.07 Å². The molecule has 1 aromatic carbocycles. The van der Waals surface area contributed by atoms with Gasteiger partial charge in [0.1, 0.15) is 35.7 Å². The van der Waals surface area contributed by atoms with Crippen LogP contribution in [0, 0.1) is 0 Å². The second-order valence-electron chi connectivity index (χ2n) is 9.22. The third-order valence-corrected chi connectivity index (χ3v) is 6.41. The van der Waals surface area contributed by atoms with Crippen molar-refractivity contribution in [2.45, 2.75) is 95.4 Å². The van der Waals surface area contributed by atoms with Crippen molar-refractivity contribution in [1.82, 2.24) is 0 Å². The second kappa shape index (κ2) is 13.8. The summed E-state index contributed by atoms with van der Waals surface area (Å²) in [5, 5.41) is 50.1. The van der Waals surface area contributed by atoms with Gasteiger partial charge in [0.15, 0.2) is 5.75 Å². The predicted octanol–water partition coefficient (Wildman–Crippen LogP) is 2.59. The Morgan fingerprint density at radius 3 is 2.25 bits per heavy atom. The number of aliphatic hydroxyl groups is 4. The van der Waals surface area contributed by atoms with Gasteiger partial charge < -0.3 is 44.2 Å². The Bertz CT molecular complexity index is 1000. The molecule has 5 atom stereocenters. The molecule has 1 aliphatic heterocycles. The third-order valence-electron chi connectivity index (χ3n) is 6.41. The molecule has 1 aromatic heterocycles. The first-order valence-electron chi connectivity index (χ1n) is 12.8. The van der Waals surface area contributed by atoms with Crippen molar-refractivity contribution in [2.24, 2.45) is 0 Å². The summed E-state index contributed by atoms with van der Waals surface area (Å²) >= 11 is 0. The molecule has 0 unspecified atom stereocenters. The number of hydrogen-bond donors (Lipinski definition) is 5. The fourth-order valence-electron chi connectivity index (χ4n) is 4.23. The van der Waals surface area contributed by atoms with E-state index in [0.29, 0.717) is 0 Å². The van der Waals surface area contributed by atoms with E-state index in [2.05, 4.69) is 6.92 Å². The maximum Gasteiger partial charge on any atom is 0.383 e. The fourth-order valence-corrected chi connectivity index (χ4v) is 4.23. The molecule has 2 aromatic rings. The molecule has 0 saturated carbocycles. The van der Waals surface area contributed by atoms with Gasteiger partial charge in [-0.1, -0.05) is 58.3 Å². The number of aromatic hydroxyl groups is 1. The summed E-state index contributed by atoms with van der Waals surface area (Å²) < 4.78 is 21.7. The van der Waals surface area contributed by atoms with E-state index < -0.39 is 42.9 Å². The van der Waals surface area contributed by atoms with Crippen molar-refractivity contribution in [1.29, 1.82) is 0 Å². The van der Waals surface area contributed by atoms with Gasteiger partial charge in [0.25, 0.3) is 0 Å². The minimum atomic E-state index is -1.59. The smallest absolute Gasteiger partial charge is 0.383 e. The lowest BCUT2D eigenvalue weighted by molar-refractivity contribution is -0.277. The highest BCUT2D eigenvalue weighted by Gasteiger charge is 2.44. The van der Waals surface area contributed by atoms with Gasteiger partial charge >= 0.3 is 5.63 Å². The number of hydrogen-bond acceptors (Lipinski definition) is 10. The molecule has 202 valence electrons. The predicted molar refractivity (Wildman–Crippen MR) is 131 cm³/mol. The summed E-state index contributed by atoms with van der Waals surface area (Å²) in [6.07, 6.45) is 3.15. The van der Waals surface area contributed by atoms with Crippen LogP contribution in [0.15, 0.2) is 27.4 Å². The first-order valence-corrected chi connectivity index (χ1v) is 12.8. The summed E-state index contributed by atoms with van der Waals surface area (Å²) in [7, 11) is 0. The van der Waals surface area contributed by atoms with Crippen molar-refractivity contribution in [2.75, 3.05) is 13.2 Å². The lowest BCUT2D eigenvalue weighted by Crippen LogP contribution is -2.60. The summed E-state index contributed by atoms with van der Waals surface area (Å²) in [5.41, 5.74) is -0.809. The minimum Gasteiger partial charge on any atom is -0.504 e. The van der Waals surface area contributed by atoms with E-state index in [1.165, 1.54) is 56.7 Å². The van der Waals surface area contributed by atoms with Gasteiger partial charge in [-0.15, -0.1) is 0 Å². The quantitative estimate of drug-likeness (QED) is 0.189. The van der Waals surface area contributed by atoms with Crippen LogP contribution >= 0.6 is 0 Å². The Hall–Kier alpha value is -2.37. The van der Waals surface area contributed by atoms with Gasteiger partial charge in [-0.05, 0) is 18.6 Å². The van der Waals surface area contributed by atoms with E-state index in [9.17, 15) is 30.3 Å². The zero-order chi connectivity index (χ0) is 26.1. The van der Waals surface area contributed by atoms with Crippen LogP contribution in [-0.4, -0.2) is 69.5 Å². The largest absolute Gasteiger partial charge is 0.504 e. The lowest BCUT2D eigenvalue weighted by atomic mass is 9.99. The van der Waals surface area contributed by atoms with E-state index in [-0.39, 0.29) is 34.8 Å². The van der Waals surface area contributed by atoms with Crippen molar-refractivity contribution < 1.29 is 44.2 Å². The molecular formula is C26H38O10. The maximum absolute atomic E-state index is 12.4. The first kappa shape index (κ1) is 28.2. The topological polar surface area (TPSA) is 159 Å². The molecule has 0 bridgehead atoms. The summed E-state index contributed by atoms with van der Waals surface area (Å²) in [5.74, 6) is -0.473. The minimum absolute atomic E-state index is 0.0232. The van der Waals surface area contributed by atoms with E-state index in [4.69, 9.17) is 18.6 Å². The van der Waals surface area contributed by atoms with Crippen LogP contribution in [0.1, 0.15) is 64.7 Å². The number of ether oxygens (including phenoxy) is 3. The molecule has 10 heteroatoms. The maximum atomic E-state index is 12.4. The number of unbranched alkanes of at least 4 members (excludes halogenated alkanes) is 8. The number of fused-ring (bicyclic) bond motifs is 1. The van der Waals surface area contributed by atoms with Crippen molar-refractivity contribution in [3.63, 3.8) is 0 Å². The number of rotatable bonds is 14. The molecule has 1 saturated heterocycles. The second-order valence-corrected chi connectivity index (χ2v) is 9.22. The number of benzene rings is 1. The van der Waals surface area contributed by atoms with Crippen molar-refractivity contribution in [3.8, 4) is 17.2 Å². The third kappa shape index (κ3) is 7.10. The van der Waals surface area contributed by atoms with E-state index in [1.807, 2.05) is 0 Å². The highest BCUT2D eigenvalue weighted by molar-refractivity contribution is 5.86. The molecular weight excluding hydrogens is 472 g/mol. The Kier molecular flexibility index (Phi) is 10.8. The highest BCUT2D eigenvalue weighted by Crippen LogP contribution is 2.34. The van der Waals surface area contributed by atoms with E-state index in [1.54, 1.807) is 0 Å². The van der Waals surface area contributed by atoms with Crippen LogP contribution in [0.3, 0.4) is 0 Å². The van der Waals surface area contributed by atoms with E-state index >= 15 is 0 Å². The Labute approximate surface area is 210 Å². The molecule has 3 rings (SSSR count). The zero-order valence-corrected chi connectivity index (χ0v) is 20.7. The molecule has 5 N–H and O–H groups in total. The van der Waals surface area contributed by atoms with Crippen molar-refractivity contribution >= 4 is 11.0 Å². The molecule has 36 heavy (non-hydrogen) atoms. The van der Waals surface area contributed by atoms with Crippen molar-refractivity contribution in [3.05, 3.63) is 28.6 Å². The number of aliphatic hydroxyl groups excluding tert-OH is 4. The normalized spacial score (nSPS) is 24.2. The van der Waals surface area contributed by atoms with Gasteiger partial charge in [-0.25, -0.2) is 4.79 Å². The molecule has 0 aliphatic carbocycles. The average molecular weight is 511 g/mol. The van der Waals surface area contributed by atoms with E-state index in [0.717, 1.165) is 19.3 Å². The van der Waals surface area contributed by atoms with Crippen LogP contribution in [0.5, 0.6) is 17.2 Å². The van der Waals surface area contributed by atoms with Crippen LogP contribution in [0.2, 0.25) is 0 Å². The SMILES string of the molecule is CCCCCCCCCCCOc1c(O)c2ccc(O[C@H]3O[C@H](CO)[C@@H](O)[C@H](O)[C@@H]3O)cc2oc1=O. The van der Waals surface area contributed by atoms with Crippen LogP contribution < -0.4 is 15.1 Å². The average Bonchev–Trinajstić information content (AvgIpc) is 2.87. The molecule has 0 radical (unpaired) electrons. The molecule has 2 heterocycles. The summed E-state index contributed by atoms with van der Waals surface area (Å²) in [6, 6.07) is 4.23. The molecule has 0 spiro atoms. The fraction of sp³-hybridized carbons (Fsp3) is 0.654. The van der Waals surface area contributed by atoms with Crippen LogP contribution in [0.25, 0.3) is 11.0 Å². The molecule has 1 aliphatic rings. The monoisotopic (exact) mass is 510 g/mol. The molecule has 1 fully saturated rings. The van der Waals surface area contributed by atoms with Gasteiger partial charge in [-0.2, -0.15) is 0 Å². The van der Waals surface area contributed by atoms with Crippen LogP contribution in [0.4, 0.5) is 0 Å². The van der Waals surface area contributed by atoms with Gasteiger partial charge in [0.05, 0.1) is 18.6 Å². The van der Waals surface area contributed by atoms with Crippen LogP contribution in [-0.2, 0) is 4.74 Å². The zero-order valence-electron chi connectivity index (χ0n) is 20.7. The lowest BCUT2D eigenvalue weighted by Gasteiger charge is -2.39. The highest BCUT2D eigenvalue weighted by atomic mass is 16.7. The molecule has 10 nitrogen and oxygen atoms in total. The summed E-state index contributed by atoms with van der Waals surface area (Å²) in [6.45, 7) is 1.90. The molecule has 0 amide bonds. The standard InChI is InChI=1S/C26H38O10/c1-2-3-4-5-6-7-8-9-10-13-33-24-20(28)17-12-11-16(14-18(17)35-25(24)32)34-26-23(31)22(30)21(29)19(15-27)36-26/h11-12,14,19,21-23,26-31H,2-10,13,15H2,1H3/t19-,21-,22+,23+,26+/m1/s1. The Balaban J connectivity index is 1.56.